The van der Waals surface area contributed by atoms with E-state index < -0.39 is 0 Å². The minimum absolute atomic E-state index is 0.0648. The summed E-state index contributed by atoms with van der Waals surface area (Å²) in [5.41, 5.74) is 3.98. The van der Waals surface area contributed by atoms with Gasteiger partial charge in [0.1, 0.15) is 5.75 Å². The number of allylic oxidation sites excluding steroid dienone is 1. The second-order valence-electron chi connectivity index (χ2n) is 8.05. The smallest absolute Gasteiger partial charge is 0.256 e. The monoisotopic (exact) mass is 420 g/mol. The van der Waals surface area contributed by atoms with Crippen LogP contribution in [0.4, 0.5) is 0 Å². The van der Waals surface area contributed by atoms with E-state index in [1.165, 1.54) is 22.4 Å². The normalized spacial score (nSPS) is 15.3. The van der Waals surface area contributed by atoms with E-state index in [1.807, 2.05) is 12.1 Å². The van der Waals surface area contributed by atoms with E-state index in [4.69, 9.17) is 0 Å². The lowest BCUT2D eigenvalue weighted by molar-refractivity contribution is -0.131. The fourth-order valence-corrected chi connectivity index (χ4v) is 3.60. The Morgan fingerprint density at radius 2 is 1.81 bits per heavy atom. The molecule has 0 bridgehead atoms. The van der Waals surface area contributed by atoms with E-state index in [-0.39, 0.29) is 11.7 Å². The topological polar surface area (TPSA) is 59.4 Å². The number of nitrogens with zero attached hydrogens (tertiary/aromatic N) is 4. The molecule has 2 aromatic carbocycles. The number of likely N-dealkylation sites (N-methyl/N-ethyl adjacent to an activating group) is 1. The molecule has 6 nitrogen and oxygen atoms in total. The number of amides is 1. The second kappa shape index (κ2) is 10.9. The predicted molar refractivity (Wildman–Crippen MR) is 125 cm³/mol. The number of phenols is 1. The maximum Gasteiger partial charge on any atom is 0.256 e. The zero-order valence-electron chi connectivity index (χ0n) is 18.5. The molecule has 0 saturated carbocycles. The van der Waals surface area contributed by atoms with Crippen molar-refractivity contribution in [2.75, 3.05) is 39.8 Å². The maximum absolute atomic E-state index is 12.6. The molecule has 3 rings (SSSR count). The Labute approximate surface area is 185 Å². The fraction of sp³-hybridized carbons (Fsp3) is 0.360. The zero-order valence-corrected chi connectivity index (χ0v) is 18.5. The quantitative estimate of drug-likeness (QED) is 0.405. The Bertz CT molecular complexity index is 916. The van der Waals surface area contributed by atoms with Gasteiger partial charge in [0.05, 0.1) is 12.8 Å². The van der Waals surface area contributed by atoms with Gasteiger partial charge in [-0.25, -0.2) is 5.01 Å². The minimum atomic E-state index is -0.0648. The van der Waals surface area contributed by atoms with Gasteiger partial charge in [-0.05, 0) is 30.5 Å². The number of phenolic OH excluding ortho intramolecular Hbond substituents is 1. The third-order valence-corrected chi connectivity index (χ3v) is 5.60. The van der Waals surface area contributed by atoms with Crippen molar-refractivity contribution in [2.45, 2.75) is 19.9 Å². The Kier molecular flexibility index (Phi) is 7.98. The van der Waals surface area contributed by atoms with E-state index >= 15 is 0 Å². The molecule has 1 heterocycles. The van der Waals surface area contributed by atoms with E-state index in [1.54, 1.807) is 19.2 Å². The number of carbonyl (C=O) groups excluding carboxylic acids is 1. The van der Waals surface area contributed by atoms with Gasteiger partial charge >= 0.3 is 0 Å². The molecular weight excluding hydrogens is 388 g/mol. The van der Waals surface area contributed by atoms with Crippen LogP contribution in [0.3, 0.4) is 0 Å². The number of carbonyl (C=O) groups is 1. The molecular formula is C25H32N4O2. The van der Waals surface area contributed by atoms with Crippen LogP contribution in [0.5, 0.6) is 5.75 Å². The van der Waals surface area contributed by atoms with Gasteiger partial charge in [0.25, 0.3) is 5.91 Å². The van der Waals surface area contributed by atoms with Crippen molar-refractivity contribution in [2.24, 2.45) is 5.10 Å². The Hall–Kier alpha value is -2.96. The largest absolute Gasteiger partial charge is 0.507 e. The van der Waals surface area contributed by atoms with Crippen LogP contribution in [0.25, 0.3) is 0 Å². The Morgan fingerprint density at radius 1 is 1.13 bits per heavy atom. The van der Waals surface area contributed by atoms with Crippen LogP contribution in [0.2, 0.25) is 0 Å². The summed E-state index contributed by atoms with van der Waals surface area (Å²) >= 11 is 0. The highest BCUT2D eigenvalue weighted by Crippen LogP contribution is 2.21. The first-order valence-electron chi connectivity index (χ1n) is 10.7. The van der Waals surface area contributed by atoms with Gasteiger partial charge in [0.15, 0.2) is 0 Å². The first kappa shape index (κ1) is 22.7. The molecule has 164 valence electrons. The molecule has 2 aromatic rings. The summed E-state index contributed by atoms with van der Waals surface area (Å²) in [7, 11) is 1.65. The van der Waals surface area contributed by atoms with Gasteiger partial charge in [-0.15, -0.1) is 6.58 Å². The molecule has 1 aliphatic heterocycles. The van der Waals surface area contributed by atoms with E-state index in [0.29, 0.717) is 18.5 Å². The van der Waals surface area contributed by atoms with Gasteiger partial charge < -0.3 is 5.11 Å². The van der Waals surface area contributed by atoms with Crippen LogP contribution in [0.15, 0.2) is 60.2 Å². The highest BCUT2D eigenvalue weighted by molar-refractivity contribution is 5.86. The fourth-order valence-electron chi connectivity index (χ4n) is 3.60. The molecule has 0 unspecified atom stereocenters. The average molecular weight is 421 g/mol. The first-order chi connectivity index (χ1) is 15.0. The maximum atomic E-state index is 12.6. The highest BCUT2D eigenvalue weighted by atomic mass is 16.3. The predicted octanol–water partition coefficient (Wildman–Crippen LogP) is 3.04. The van der Waals surface area contributed by atoms with Crippen LogP contribution in [-0.2, 0) is 17.8 Å². The molecule has 0 aromatic heterocycles. The summed E-state index contributed by atoms with van der Waals surface area (Å²) in [5.74, 6) is 0.113. The summed E-state index contributed by atoms with van der Waals surface area (Å²) in [4.78, 5) is 17.2. The number of hydrogen-bond donors (Lipinski definition) is 1. The Balaban J connectivity index is 1.47. The van der Waals surface area contributed by atoms with Crippen LogP contribution in [0, 0.1) is 6.92 Å². The van der Waals surface area contributed by atoms with E-state index in [9.17, 15) is 9.90 Å². The number of aromatic hydroxyl groups is 1. The minimum Gasteiger partial charge on any atom is -0.507 e. The van der Waals surface area contributed by atoms with Gasteiger partial charge in [-0.3, -0.25) is 14.6 Å². The van der Waals surface area contributed by atoms with E-state index in [2.05, 4.69) is 52.7 Å². The number of rotatable bonds is 8. The summed E-state index contributed by atoms with van der Waals surface area (Å²) in [6.45, 7) is 10.7. The lowest BCUT2D eigenvalue weighted by Crippen LogP contribution is -2.48. The molecule has 0 aliphatic carbocycles. The Morgan fingerprint density at radius 3 is 2.48 bits per heavy atom. The van der Waals surface area contributed by atoms with Crippen molar-refractivity contribution in [1.82, 2.24) is 14.8 Å². The van der Waals surface area contributed by atoms with Crippen molar-refractivity contribution in [1.29, 1.82) is 0 Å². The van der Waals surface area contributed by atoms with Gasteiger partial charge in [-0.1, -0.05) is 48.0 Å². The van der Waals surface area contributed by atoms with Gasteiger partial charge in [-0.2, -0.15) is 5.10 Å². The number of hydrogen-bond acceptors (Lipinski definition) is 5. The van der Waals surface area contributed by atoms with Crippen molar-refractivity contribution in [3.05, 3.63) is 77.4 Å². The molecule has 1 N–H and O–H groups in total. The molecule has 31 heavy (non-hydrogen) atoms. The molecule has 0 spiro atoms. The number of benzene rings is 2. The summed E-state index contributed by atoms with van der Waals surface area (Å²) in [6.07, 6.45) is 3.85. The average Bonchev–Trinajstić information content (AvgIpc) is 2.77. The van der Waals surface area contributed by atoms with E-state index in [0.717, 1.165) is 38.3 Å². The van der Waals surface area contributed by atoms with Crippen LogP contribution >= 0.6 is 0 Å². The zero-order chi connectivity index (χ0) is 22.2. The first-order valence-corrected chi connectivity index (χ1v) is 10.7. The lowest BCUT2D eigenvalue weighted by Gasteiger charge is -2.34. The summed E-state index contributed by atoms with van der Waals surface area (Å²) in [5, 5.41) is 15.9. The van der Waals surface area contributed by atoms with Crippen molar-refractivity contribution in [3.8, 4) is 5.75 Å². The van der Waals surface area contributed by atoms with Gasteiger partial charge in [0, 0.05) is 45.3 Å². The summed E-state index contributed by atoms with van der Waals surface area (Å²) < 4.78 is 0. The summed E-state index contributed by atoms with van der Waals surface area (Å²) in [6, 6.07) is 14.1. The third-order valence-electron chi connectivity index (χ3n) is 5.60. The molecule has 1 amide bonds. The van der Waals surface area contributed by atoms with Crippen molar-refractivity contribution in [3.63, 3.8) is 0 Å². The second-order valence-corrected chi connectivity index (χ2v) is 8.05. The third kappa shape index (κ3) is 6.51. The molecule has 1 saturated heterocycles. The van der Waals surface area contributed by atoms with Crippen molar-refractivity contribution < 1.29 is 9.90 Å². The molecule has 6 heteroatoms. The number of aryl methyl sites for hydroxylation is 1. The lowest BCUT2D eigenvalue weighted by atomic mass is 10.1. The molecule has 1 aliphatic rings. The SMILES string of the molecule is C=CCc1cccc(/C=N/N(C)C(=O)CN2CCN(Cc3ccc(C)cc3)CC2)c1O. The number of para-hydroxylation sites is 1. The molecule has 1 fully saturated rings. The standard InChI is InChI=1S/C25H32N4O2/c1-4-6-22-7-5-8-23(25(22)31)17-26-27(3)24(30)19-29-15-13-28(14-16-29)18-21-11-9-20(2)10-12-21/h4-5,7-12,17,31H,1,6,13-16,18-19H2,2-3H3/b26-17+. The van der Waals surface area contributed by atoms with Crippen LogP contribution in [0.1, 0.15) is 22.3 Å². The highest BCUT2D eigenvalue weighted by Gasteiger charge is 2.20. The molecule has 0 radical (unpaired) electrons. The van der Waals surface area contributed by atoms with Crippen LogP contribution in [-0.4, -0.2) is 71.8 Å². The molecule has 0 atom stereocenters. The van der Waals surface area contributed by atoms with Crippen molar-refractivity contribution >= 4 is 12.1 Å². The number of hydrazone groups is 1. The van der Waals surface area contributed by atoms with Crippen LogP contribution < -0.4 is 0 Å². The van der Waals surface area contributed by atoms with Gasteiger partial charge in [0.2, 0.25) is 0 Å². The number of piperazine rings is 1.